The Morgan fingerprint density at radius 1 is 1.13 bits per heavy atom. The van der Waals surface area contributed by atoms with Crippen molar-refractivity contribution >= 4 is 0 Å². The van der Waals surface area contributed by atoms with Crippen LogP contribution in [0.1, 0.15) is 58.3 Å². The topological polar surface area (TPSA) is 32.3 Å². The van der Waals surface area contributed by atoms with Gasteiger partial charge < -0.3 is 10.4 Å². The van der Waals surface area contributed by atoms with E-state index < -0.39 is 0 Å². The summed E-state index contributed by atoms with van der Waals surface area (Å²) < 4.78 is 0. The molecule has 0 aromatic heterocycles. The van der Waals surface area contributed by atoms with Crippen LogP contribution in [0.15, 0.2) is 0 Å². The minimum atomic E-state index is -0.0937. The Kier molecular flexibility index (Phi) is 3.68. The Hall–Kier alpha value is -0.0800. The number of aliphatic hydroxyl groups is 1. The molecule has 2 rings (SSSR count). The third-order valence-corrected chi connectivity index (χ3v) is 4.33. The predicted octanol–water partition coefficient (Wildman–Crippen LogP) is 2.46. The molecule has 0 spiro atoms. The van der Waals surface area contributed by atoms with Crippen LogP contribution in [0.3, 0.4) is 0 Å². The van der Waals surface area contributed by atoms with E-state index in [4.69, 9.17) is 0 Å². The van der Waals surface area contributed by atoms with Gasteiger partial charge in [-0.2, -0.15) is 0 Å². The first-order valence-corrected chi connectivity index (χ1v) is 6.61. The van der Waals surface area contributed by atoms with E-state index in [0.717, 1.165) is 19.4 Å². The summed E-state index contributed by atoms with van der Waals surface area (Å²) in [5.41, 5.74) is 0.511. The van der Waals surface area contributed by atoms with E-state index in [1.165, 1.54) is 38.5 Å². The van der Waals surface area contributed by atoms with Gasteiger partial charge in [-0.25, -0.2) is 0 Å². The highest BCUT2D eigenvalue weighted by atomic mass is 16.3. The fraction of sp³-hybridized carbons (Fsp3) is 1.00. The molecule has 2 unspecified atom stereocenters. The summed E-state index contributed by atoms with van der Waals surface area (Å²) in [6.07, 6.45) is 10.1. The monoisotopic (exact) mass is 211 g/mol. The number of aliphatic hydroxyl groups excluding tert-OH is 1. The van der Waals surface area contributed by atoms with Crippen LogP contribution in [-0.4, -0.2) is 23.8 Å². The van der Waals surface area contributed by atoms with Gasteiger partial charge in [-0.1, -0.05) is 32.6 Å². The molecule has 2 saturated carbocycles. The molecule has 0 aliphatic heterocycles. The summed E-state index contributed by atoms with van der Waals surface area (Å²) in [7, 11) is 0. The van der Waals surface area contributed by atoms with Crippen LogP contribution in [0.5, 0.6) is 0 Å². The number of rotatable bonds is 3. The van der Waals surface area contributed by atoms with Crippen LogP contribution in [0.4, 0.5) is 0 Å². The van der Waals surface area contributed by atoms with Crippen LogP contribution in [0.2, 0.25) is 0 Å². The third-order valence-electron chi connectivity index (χ3n) is 4.33. The molecule has 0 aromatic carbocycles. The van der Waals surface area contributed by atoms with Gasteiger partial charge in [0.1, 0.15) is 0 Å². The van der Waals surface area contributed by atoms with Gasteiger partial charge in [-0.15, -0.1) is 0 Å². The number of nitrogens with one attached hydrogen (secondary N) is 1. The largest absolute Gasteiger partial charge is 0.392 e. The van der Waals surface area contributed by atoms with Crippen molar-refractivity contribution in [2.45, 2.75) is 70.4 Å². The Labute approximate surface area is 93.5 Å². The van der Waals surface area contributed by atoms with Gasteiger partial charge >= 0.3 is 0 Å². The summed E-state index contributed by atoms with van der Waals surface area (Å²) in [6, 6.07) is 0.371. The highest BCUT2D eigenvalue weighted by Gasteiger charge is 2.30. The summed E-state index contributed by atoms with van der Waals surface area (Å²) in [5.74, 6) is 0. The highest BCUT2D eigenvalue weighted by Crippen LogP contribution is 2.37. The molecule has 0 bridgehead atoms. The van der Waals surface area contributed by atoms with E-state index in [-0.39, 0.29) is 6.10 Å². The van der Waals surface area contributed by atoms with Crippen molar-refractivity contribution in [1.82, 2.24) is 5.32 Å². The zero-order valence-corrected chi connectivity index (χ0v) is 9.97. The molecule has 0 aromatic rings. The average Bonchev–Trinajstić information content (AvgIpc) is 2.65. The van der Waals surface area contributed by atoms with Crippen molar-refractivity contribution in [3.05, 3.63) is 0 Å². The second-order valence-corrected chi connectivity index (χ2v) is 5.86. The van der Waals surface area contributed by atoms with Crippen LogP contribution in [0, 0.1) is 5.41 Å². The van der Waals surface area contributed by atoms with E-state index in [1.807, 2.05) is 0 Å². The van der Waals surface area contributed by atoms with E-state index in [2.05, 4.69) is 12.2 Å². The summed E-state index contributed by atoms with van der Waals surface area (Å²) in [6.45, 7) is 3.50. The van der Waals surface area contributed by atoms with Crippen molar-refractivity contribution in [2.75, 3.05) is 6.54 Å². The minimum Gasteiger partial charge on any atom is -0.392 e. The molecule has 2 atom stereocenters. The fourth-order valence-electron chi connectivity index (χ4n) is 3.13. The van der Waals surface area contributed by atoms with Crippen molar-refractivity contribution in [2.24, 2.45) is 5.41 Å². The van der Waals surface area contributed by atoms with Gasteiger partial charge in [-0.3, -0.25) is 0 Å². The molecule has 2 aliphatic rings. The zero-order chi connectivity index (χ0) is 10.7. The first-order chi connectivity index (χ1) is 7.20. The summed E-state index contributed by atoms with van der Waals surface area (Å²) >= 11 is 0. The van der Waals surface area contributed by atoms with Gasteiger partial charge in [-0.05, 0) is 31.1 Å². The Bertz CT molecular complexity index is 199. The van der Waals surface area contributed by atoms with Crippen LogP contribution < -0.4 is 5.32 Å². The van der Waals surface area contributed by atoms with E-state index in [1.54, 1.807) is 0 Å². The lowest BCUT2D eigenvalue weighted by Crippen LogP contribution is -2.45. The van der Waals surface area contributed by atoms with E-state index in [0.29, 0.717) is 11.5 Å². The summed E-state index contributed by atoms with van der Waals surface area (Å²) in [4.78, 5) is 0. The SMILES string of the molecule is CC1(CNC2CCCCC2O)CCCC1. The van der Waals surface area contributed by atoms with Gasteiger partial charge in [0.25, 0.3) is 0 Å². The van der Waals surface area contributed by atoms with Crippen LogP contribution in [0.25, 0.3) is 0 Å². The number of hydrogen-bond acceptors (Lipinski definition) is 2. The molecular formula is C13H25NO. The quantitative estimate of drug-likeness (QED) is 0.751. The Morgan fingerprint density at radius 2 is 1.80 bits per heavy atom. The standard InChI is InChI=1S/C13H25NO/c1-13(8-4-5-9-13)10-14-11-6-2-3-7-12(11)15/h11-12,14-15H,2-10H2,1H3. The second-order valence-electron chi connectivity index (χ2n) is 5.86. The van der Waals surface area contributed by atoms with Crippen molar-refractivity contribution in [1.29, 1.82) is 0 Å². The van der Waals surface area contributed by atoms with Crippen LogP contribution in [-0.2, 0) is 0 Å². The molecule has 15 heavy (non-hydrogen) atoms. The normalized spacial score (nSPS) is 35.6. The van der Waals surface area contributed by atoms with Crippen LogP contribution >= 0.6 is 0 Å². The molecule has 2 heteroatoms. The molecule has 2 nitrogen and oxygen atoms in total. The molecule has 2 N–H and O–H groups in total. The Morgan fingerprint density at radius 3 is 2.47 bits per heavy atom. The van der Waals surface area contributed by atoms with Gasteiger partial charge in [0.15, 0.2) is 0 Å². The average molecular weight is 211 g/mol. The lowest BCUT2D eigenvalue weighted by atomic mass is 9.87. The smallest absolute Gasteiger partial charge is 0.0693 e. The maximum Gasteiger partial charge on any atom is 0.0693 e. The van der Waals surface area contributed by atoms with E-state index >= 15 is 0 Å². The predicted molar refractivity (Wildman–Crippen MR) is 62.8 cm³/mol. The molecule has 0 saturated heterocycles. The van der Waals surface area contributed by atoms with E-state index in [9.17, 15) is 5.11 Å². The molecule has 0 amide bonds. The maximum absolute atomic E-state index is 9.86. The molecule has 2 fully saturated rings. The minimum absolute atomic E-state index is 0.0937. The third kappa shape index (κ3) is 2.94. The summed E-state index contributed by atoms with van der Waals surface area (Å²) in [5, 5.41) is 13.5. The van der Waals surface area contributed by atoms with Crippen molar-refractivity contribution < 1.29 is 5.11 Å². The second kappa shape index (κ2) is 4.84. The first-order valence-electron chi connectivity index (χ1n) is 6.61. The lowest BCUT2D eigenvalue weighted by molar-refractivity contribution is 0.0845. The number of hydrogen-bond donors (Lipinski definition) is 2. The van der Waals surface area contributed by atoms with Gasteiger partial charge in [0.05, 0.1) is 6.10 Å². The molecular weight excluding hydrogens is 186 g/mol. The molecule has 0 heterocycles. The lowest BCUT2D eigenvalue weighted by Gasteiger charge is -2.32. The maximum atomic E-state index is 9.86. The molecule has 88 valence electrons. The fourth-order valence-corrected chi connectivity index (χ4v) is 3.13. The zero-order valence-electron chi connectivity index (χ0n) is 9.97. The Balaban J connectivity index is 1.76. The van der Waals surface area contributed by atoms with Gasteiger partial charge in [0, 0.05) is 12.6 Å². The highest BCUT2D eigenvalue weighted by molar-refractivity contribution is 4.87. The van der Waals surface area contributed by atoms with Crippen molar-refractivity contribution in [3.63, 3.8) is 0 Å². The van der Waals surface area contributed by atoms with Crippen molar-refractivity contribution in [3.8, 4) is 0 Å². The molecule has 0 radical (unpaired) electrons. The molecule has 2 aliphatic carbocycles. The first kappa shape index (κ1) is 11.4. The van der Waals surface area contributed by atoms with Gasteiger partial charge in [0.2, 0.25) is 0 Å².